The van der Waals surface area contributed by atoms with E-state index in [2.05, 4.69) is 9.62 Å². The molecule has 8 heteroatoms. The summed E-state index contributed by atoms with van der Waals surface area (Å²) in [6.45, 7) is 1.63. The molecule has 1 aromatic carbocycles. The van der Waals surface area contributed by atoms with Crippen LogP contribution in [0.5, 0.6) is 0 Å². The Bertz CT molecular complexity index is 648. The molecule has 1 heterocycles. The highest BCUT2D eigenvalue weighted by Crippen LogP contribution is 2.19. The zero-order valence-electron chi connectivity index (χ0n) is 11.5. The molecule has 0 saturated carbocycles. The number of benzene rings is 1. The maximum Gasteiger partial charge on any atom is 0.336 e. The van der Waals surface area contributed by atoms with E-state index >= 15 is 0 Å². The Kier molecular flexibility index (Phi) is 5.23. The summed E-state index contributed by atoms with van der Waals surface area (Å²) < 4.78 is 27.9. The van der Waals surface area contributed by atoms with Crippen LogP contribution in [-0.2, 0) is 10.0 Å². The van der Waals surface area contributed by atoms with Crippen LogP contribution in [0, 0.1) is 3.57 Å². The van der Waals surface area contributed by atoms with Crippen molar-refractivity contribution in [3.8, 4) is 0 Å². The van der Waals surface area contributed by atoms with E-state index < -0.39 is 16.0 Å². The van der Waals surface area contributed by atoms with Crippen LogP contribution < -0.4 is 4.72 Å². The van der Waals surface area contributed by atoms with Crippen molar-refractivity contribution in [3.63, 3.8) is 0 Å². The largest absolute Gasteiger partial charge is 0.478 e. The van der Waals surface area contributed by atoms with Gasteiger partial charge < -0.3 is 10.0 Å². The molecule has 1 aliphatic heterocycles. The molecule has 1 unspecified atom stereocenters. The monoisotopic (exact) mass is 424 g/mol. The summed E-state index contributed by atoms with van der Waals surface area (Å²) >= 11 is 1.88. The molecule has 0 aliphatic carbocycles. The van der Waals surface area contributed by atoms with E-state index in [9.17, 15) is 13.2 Å². The van der Waals surface area contributed by atoms with Crippen LogP contribution in [0.4, 0.5) is 0 Å². The zero-order chi connectivity index (χ0) is 15.6. The van der Waals surface area contributed by atoms with Crippen molar-refractivity contribution in [2.24, 2.45) is 0 Å². The first kappa shape index (κ1) is 16.7. The molecule has 2 N–H and O–H groups in total. The van der Waals surface area contributed by atoms with Crippen LogP contribution in [0.25, 0.3) is 0 Å². The van der Waals surface area contributed by atoms with Crippen LogP contribution >= 0.6 is 22.6 Å². The number of rotatable bonds is 4. The number of carbonyl (C=O) groups is 1. The molecule has 0 radical (unpaired) electrons. The highest BCUT2D eigenvalue weighted by Gasteiger charge is 2.24. The molecule has 0 aromatic heterocycles. The number of piperidine rings is 1. The number of likely N-dealkylation sites (N-methyl/N-ethyl adjacent to an activating group) is 1. The van der Waals surface area contributed by atoms with Gasteiger partial charge in [-0.15, -0.1) is 0 Å². The topological polar surface area (TPSA) is 86.7 Å². The molecule has 1 fully saturated rings. The minimum Gasteiger partial charge on any atom is -0.478 e. The van der Waals surface area contributed by atoms with E-state index in [1.165, 1.54) is 18.2 Å². The maximum absolute atomic E-state index is 12.4. The quantitative estimate of drug-likeness (QED) is 0.714. The van der Waals surface area contributed by atoms with Crippen LogP contribution in [-0.4, -0.2) is 50.6 Å². The second-order valence-electron chi connectivity index (χ2n) is 5.17. The van der Waals surface area contributed by atoms with Gasteiger partial charge in [0, 0.05) is 16.2 Å². The molecular formula is C13H17IN2O4S. The SMILES string of the molecule is CN1CCCC(NS(=O)(=O)c2ccc(I)c(C(=O)O)c2)C1. The number of likely N-dealkylation sites (tertiary alicyclic amines) is 1. The van der Waals surface area contributed by atoms with Gasteiger partial charge in [-0.1, -0.05) is 0 Å². The standard InChI is InChI=1S/C13H17IN2O4S/c1-16-6-2-3-9(8-16)15-21(19,20)10-4-5-12(14)11(7-10)13(17)18/h4-5,7,9,15H,2-3,6,8H2,1H3,(H,17,18). The molecule has 1 saturated heterocycles. The third kappa shape index (κ3) is 4.15. The highest BCUT2D eigenvalue weighted by molar-refractivity contribution is 14.1. The first-order valence-electron chi connectivity index (χ1n) is 6.53. The number of hydrogen-bond donors (Lipinski definition) is 2. The van der Waals surface area contributed by atoms with Gasteiger partial charge in [0.1, 0.15) is 0 Å². The fraction of sp³-hybridized carbons (Fsp3) is 0.462. The Morgan fingerprint density at radius 1 is 1.48 bits per heavy atom. The fourth-order valence-corrected chi connectivity index (χ4v) is 4.24. The second-order valence-corrected chi connectivity index (χ2v) is 8.05. The number of aromatic carboxylic acids is 1. The van der Waals surface area contributed by atoms with Crippen molar-refractivity contribution in [1.29, 1.82) is 0 Å². The summed E-state index contributed by atoms with van der Waals surface area (Å²) in [6.07, 6.45) is 1.73. The third-order valence-electron chi connectivity index (χ3n) is 3.42. The highest BCUT2D eigenvalue weighted by atomic mass is 127. The van der Waals surface area contributed by atoms with Crippen molar-refractivity contribution in [2.45, 2.75) is 23.8 Å². The minimum atomic E-state index is -3.70. The normalized spacial score (nSPS) is 20.4. The predicted molar refractivity (Wildman–Crippen MR) is 87.0 cm³/mol. The Morgan fingerprint density at radius 3 is 2.81 bits per heavy atom. The van der Waals surface area contributed by atoms with Gasteiger partial charge in [0.25, 0.3) is 0 Å². The number of nitrogens with one attached hydrogen (secondary N) is 1. The summed E-state index contributed by atoms with van der Waals surface area (Å²) in [5.41, 5.74) is -0.000706. The van der Waals surface area contributed by atoms with Gasteiger partial charge in [-0.05, 0) is 67.2 Å². The van der Waals surface area contributed by atoms with Gasteiger partial charge in [0.15, 0.2) is 0 Å². The summed E-state index contributed by atoms with van der Waals surface area (Å²) in [6, 6.07) is 4.01. The number of halogens is 1. The molecule has 0 spiro atoms. The van der Waals surface area contributed by atoms with Crippen molar-refractivity contribution >= 4 is 38.6 Å². The van der Waals surface area contributed by atoms with Crippen LogP contribution in [0.1, 0.15) is 23.2 Å². The lowest BCUT2D eigenvalue weighted by atomic mass is 10.1. The predicted octanol–water partition coefficient (Wildman–Crippen LogP) is 1.36. The summed E-state index contributed by atoms with van der Waals surface area (Å²) in [4.78, 5) is 13.2. The molecule has 21 heavy (non-hydrogen) atoms. The van der Waals surface area contributed by atoms with E-state index in [0.717, 1.165) is 19.4 Å². The Balaban J connectivity index is 2.23. The van der Waals surface area contributed by atoms with Gasteiger partial charge in [0.2, 0.25) is 10.0 Å². The minimum absolute atomic E-state index is 0.000706. The van der Waals surface area contributed by atoms with Crippen molar-refractivity contribution in [1.82, 2.24) is 9.62 Å². The third-order valence-corrected chi connectivity index (χ3v) is 5.88. The van der Waals surface area contributed by atoms with E-state index in [1.54, 1.807) is 0 Å². The number of carboxylic acid groups (broad SMARTS) is 1. The van der Waals surface area contributed by atoms with E-state index in [1.807, 2.05) is 29.6 Å². The van der Waals surface area contributed by atoms with Crippen LogP contribution in [0.2, 0.25) is 0 Å². The molecule has 0 amide bonds. The molecule has 1 aromatic rings. The molecule has 116 valence electrons. The number of hydrogen-bond acceptors (Lipinski definition) is 4. The van der Waals surface area contributed by atoms with Crippen molar-refractivity contribution < 1.29 is 18.3 Å². The summed E-state index contributed by atoms with van der Waals surface area (Å²) in [7, 11) is -1.75. The van der Waals surface area contributed by atoms with Crippen LogP contribution in [0.15, 0.2) is 23.1 Å². The Labute approximate surface area is 137 Å². The smallest absolute Gasteiger partial charge is 0.336 e. The summed E-state index contributed by atoms with van der Waals surface area (Å²) in [5, 5.41) is 9.09. The first-order valence-corrected chi connectivity index (χ1v) is 9.09. The number of sulfonamides is 1. The average Bonchev–Trinajstić information content (AvgIpc) is 2.38. The van der Waals surface area contributed by atoms with Gasteiger partial charge in [-0.25, -0.2) is 17.9 Å². The lowest BCUT2D eigenvalue weighted by Crippen LogP contribution is -2.46. The van der Waals surface area contributed by atoms with Gasteiger partial charge in [-0.3, -0.25) is 0 Å². The number of carboxylic acids is 1. The second kappa shape index (κ2) is 6.59. The van der Waals surface area contributed by atoms with Gasteiger partial charge in [-0.2, -0.15) is 0 Å². The fourth-order valence-electron chi connectivity index (χ4n) is 2.39. The van der Waals surface area contributed by atoms with Crippen molar-refractivity contribution in [2.75, 3.05) is 20.1 Å². The van der Waals surface area contributed by atoms with E-state index in [-0.39, 0.29) is 16.5 Å². The lowest BCUT2D eigenvalue weighted by molar-refractivity contribution is 0.0695. The number of nitrogens with zero attached hydrogens (tertiary/aromatic N) is 1. The zero-order valence-corrected chi connectivity index (χ0v) is 14.5. The average molecular weight is 424 g/mol. The molecule has 0 bridgehead atoms. The Morgan fingerprint density at radius 2 is 2.19 bits per heavy atom. The van der Waals surface area contributed by atoms with E-state index in [0.29, 0.717) is 10.1 Å². The van der Waals surface area contributed by atoms with Gasteiger partial charge in [0.05, 0.1) is 10.5 Å². The Hall–Kier alpha value is -0.710. The first-order chi connectivity index (χ1) is 9.79. The van der Waals surface area contributed by atoms with Gasteiger partial charge >= 0.3 is 5.97 Å². The molecule has 2 rings (SSSR count). The van der Waals surface area contributed by atoms with Crippen molar-refractivity contribution in [3.05, 3.63) is 27.3 Å². The lowest BCUT2D eigenvalue weighted by Gasteiger charge is -2.30. The molecular weight excluding hydrogens is 407 g/mol. The van der Waals surface area contributed by atoms with Crippen LogP contribution in [0.3, 0.4) is 0 Å². The van der Waals surface area contributed by atoms with E-state index in [4.69, 9.17) is 5.11 Å². The maximum atomic E-state index is 12.4. The molecule has 1 atom stereocenters. The molecule has 1 aliphatic rings. The summed E-state index contributed by atoms with van der Waals surface area (Å²) in [5.74, 6) is -1.13. The molecule has 6 nitrogen and oxygen atoms in total.